The van der Waals surface area contributed by atoms with Crippen LogP contribution in [0.4, 0.5) is 5.69 Å². The van der Waals surface area contributed by atoms with E-state index < -0.39 is 0 Å². The van der Waals surface area contributed by atoms with Gasteiger partial charge in [-0.05, 0) is 58.5 Å². The zero-order chi connectivity index (χ0) is 13.7. The van der Waals surface area contributed by atoms with Gasteiger partial charge in [0, 0.05) is 21.9 Å². The van der Waals surface area contributed by atoms with E-state index in [1.807, 2.05) is 61.7 Å². The highest BCUT2D eigenvalue weighted by Gasteiger charge is 2.00. The summed E-state index contributed by atoms with van der Waals surface area (Å²) in [4.78, 5) is 12.0. The second kappa shape index (κ2) is 6.52. The minimum absolute atomic E-state index is 0.0223. The lowest BCUT2D eigenvalue weighted by molar-refractivity contribution is 0.104. The van der Waals surface area contributed by atoms with Crippen LogP contribution in [0.2, 0.25) is 0 Å². The molecule has 0 fully saturated rings. The van der Waals surface area contributed by atoms with E-state index in [1.54, 1.807) is 6.08 Å². The fourth-order valence-corrected chi connectivity index (χ4v) is 2.00. The van der Waals surface area contributed by atoms with Crippen molar-refractivity contribution in [2.45, 2.75) is 0 Å². The predicted octanol–water partition coefficient (Wildman–Crippen LogP) is 4.23. The molecule has 0 aliphatic heterocycles. The summed E-state index contributed by atoms with van der Waals surface area (Å²) in [6, 6.07) is 15.5. The second-order valence-corrected chi connectivity index (χ2v) is 5.32. The molecule has 0 saturated carbocycles. The van der Waals surface area contributed by atoms with Gasteiger partial charge in [0.05, 0.1) is 0 Å². The number of anilines is 1. The lowest BCUT2D eigenvalue weighted by atomic mass is 10.1. The Kier molecular flexibility index (Phi) is 4.74. The highest BCUT2D eigenvalue weighted by Crippen LogP contribution is 2.11. The summed E-state index contributed by atoms with van der Waals surface area (Å²) in [7, 11) is 1.88. The fraction of sp³-hybridized carbons (Fsp3) is 0.0625. The van der Waals surface area contributed by atoms with E-state index in [2.05, 4.69) is 27.9 Å². The molecule has 3 heteroatoms. The van der Waals surface area contributed by atoms with E-state index in [-0.39, 0.29) is 5.78 Å². The van der Waals surface area contributed by atoms with Gasteiger partial charge in [0.2, 0.25) is 0 Å². The molecule has 0 spiro atoms. The first-order valence-corrected chi connectivity index (χ1v) is 7.03. The van der Waals surface area contributed by atoms with Gasteiger partial charge in [-0.15, -0.1) is 0 Å². The molecule has 0 heterocycles. The van der Waals surface area contributed by atoms with Crippen molar-refractivity contribution in [2.24, 2.45) is 0 Å². The molecule has 2 nitrogen and oxygen atoms in total. The molecule has 19 heavy (non-hydrogen) atoms. The molecule has 2 aromatic carbocycles. The van der Waals surface area contributed by atoms with E-state index in [4.69, 9.17) is 0 Å². The molecule has 0 aromatic heterocycles. The molecule has 1 N–H and O–H groups in total. The maximum Gasteiger partial charge on any atom is 0.185 e. The normalized spacial score (nSPS) is 10.6. The predicted molar refractivity (Wildman–Crippen MR) is 88.5 cm³/mol. The van der Waals surface area contributed by atoms with Crippen LogP contribution in [0.5, 0.6) is 0 Å². The third kappa shape index (κ3) is 3.92. The molecule has 2 rings (SSSR count). The molecule has 2 aromatic rings. The van der Waals surface area contributed by atoms with E-state index in [0.29, 0.717) is 5.56 Å². The number of benzene rings is 2. The van der Waals surface area contributed by atoms with Crippen molar-refractivity contribution in [1.29, 1.82) is 0 Å². The Morgan fingerprint density at radius 2 is 1.68 bits per heavy atom. The Balaban J connectivity index is 2.08. The van der Waals surface area contributed by atoms with Crippen LogP contribution in [-0.2, 0) is 0 Å². The highest BCUT2D eigenvalue weighted by atomic mass is 127. The summed E-state index contributed by atoms with van der Waals surface area (Å²) in [5.41, 5.74) is 2.78. The molecule has 0 bridgehead atoms. The van der Waals surface area contributed by atoms with Gasteiger partial charge < -0.3 is 5.32 Å². The number of carbonyl (C=O) groups is 1. The van der Waals surface area contributed by atoms with Crippen LogP contribution in [0, 0.1) is 3.57 Å². The van der Waals surface area contributed by atoms with E-state index in [9.17, 15) is 4.79 Å². The molecular weight excluding hydrogens is 349 g/mol. The Morgan fingerprint density at radius 1 is 1.05 bits per heavy atom. The number of hydrogen-bond acceptors (Lipinski definition) is 2. The minimum Gasteiger partial charge on any atom is -0.388 e. The maximum absolute atomic E-state index is 12.0. The Morgan fingerprint density at radius 3 is 2.26 bits per heavy atom. The summed E-state index contributed by atoms with van der Waals surface area (Å²) >= 11 is 2.22. The van der Waals surface area contributed by atoms with Gasteiger partial charge in [-0.25, -0.2) is 0 Å². The lowest BCUT2D eigenvalue weighted by Gasteiger charge is -1.99. The van der Waals surface area contributed by atoms with Gasteiger partial charge in [-0.2, -0.15) is 0 Å². The highest BCUT2D eigenvalue weighted by molar-refractivity contribution is 14.1. The first-order valence-electron chi connectivity index (χ1n) is 5.95. The van der Waals surface area contributed by atoms with Gasteiger partial charge in [-0.1, -0.05) is 30.3 Å². The molecule has 0 amide bonds. The van der Waals surface area contributed by atoms with E-state index in [0.717, 1.165) is 14.8 Å². The topological polar surface area (TPSA) is 29.1 Å². The summed E-state index contributed by atoms with van der Waals surface area (Å²) < 4.78 is 1.13. The van der Waals surface area contributed by atoms with Gasteiger partial charge in [0.1, 0.15) is 0 Å². The smallest absolute Gasteiger partial charge is 0.185 e. The van der Waals surface area contributed by atoms with Crippen molar-refractivity contribution >= 4 is 40.1 Å². The molecule has 0 saturated heterocycles. The maximum atomic E-state index is 12.0. The first kappa shape index (κ1) is 13.8. The van der Waals surface area contributed by atoms with Crippen LogP contribution >= 0.6 is 22.6 Å². The Hall–Kier alpha value is -1.62. The molecule has 0 aliphatic rings. The lowest BCUT2D eigenvalue weighted by Crippen LogP contribution is -1.93. The summed E-state index contributed by atoms with van der Waals surface area (Å²) in [5.74, 6) is 0.0223. The average molecular weight is 363 g/mol. The summed E-state index contributed by atoms with van der Waals surface area (Å²) in [5, 5.41) is 3.06. The number of hydrogen-bond donors (Lipinski definition) is 1. The molecular formula is C16H14INO. The molecule has 0 radical (unpaired) electrons. The zero-order valence-electron chi connectivity index (χ0n) is 10.6. The number of carbonyl (C=O) groups excluding carboxylic acids is 1. The Labute approximate surface area is 126 Å². The van der Waals surface area contributed by atoms with Crippen LogP contribution in [0.25, 0.3) is 6.08 Å². The van der Waals surface area contributed by atoms with Crippen LogP contribution in [0.3, 0.4) is 0 Å². The second-order valence-electron chi connectivity index (χ2n) is 4.08. The first-order chi connectivity index (χ1) is 9.19. The van der Waals surface area contributed by atoms with Gasteiger partial charge in [0.25, 0.3) is 0 Å². The number of rotatable bonds is 4. The van der Waals surface area contributed by atoms with Crippen molar-refractivity contribution in [3.05, 3.63) is 69.3 Å². The number of halogens is 1. The third-order valence-corrected chi connectivity index (χ3v) is 3.47. The van der Waals surface area contributed by atoms with Crippen LogP contribution in [0.15, 0.2) is 54.6 Å². The van der Waals surface area contributed by atoms with Crippen molar-refractivity contribution in [2.75, 3.05) is 12.4 Å². The van der Waals surface area contributed by atoms with Gasteiger partial charge in [-0.3, -0.25) is 4.79 Å². The number of nitrogens with one attached hydrogen (secondary N) is 1. The fourth-order valence-electron chi connectivity index (χ4n) is 1.64. The van der Waals surface area contributed by atoms with Crippen molar-refractivity contribution < 1.29 is 4.79 Å². The molecule has 0 atom stereocenters. The van der Waals surface area contributed by atoms with Crippen LogP contribution < -0.4 is 5.32 Å². The molecule has 96 valence electrons. The summed E-state index contributed by atoms with van der Waals surface area (Å²) in [6.07, 6.45) is 3.44. The van der Waals surface area contributed by atoms with E-state index in [1.165, 1.54) is 0 Å². The van der Waals surface area contributed by atoms with Crippen molar-refractivity contribution in [3.63, 3.8) is 0 Å². The SMILES string of the molecule is CNc1ccc(/C=C/C(=O)c2ccc(I)cc2)cc1. The third-order valence-electron chi connectivity index (χ3n) is 2.76. The zero-order valence-corrected chi connectivity index (χ0v) is 12.7. The molecule has 0 unspecified atom stereocenters. The monoisotopic (exact) mass is 363 g/mol. The van der Waals surface area contributed by atoms with Gasteiger partial charge in [0.15, 0.2) is 5.78 Å². The average Bonchev–Trinajstić information content (AvgIpc) is 2.46. The van der Waals surface area contributed by atoms with E-state index >= 15 is 0 Å². The Bertz CT molecular complexity index is 585. The largest absolute Gasteiger partial charge is 0.388 e. The van der Waals surface area contributed by atoms with Crippen LogP contribution in [0.1, 0.15) is 15.9 Å². The standard InChI is InChI=1S/C16H14INO/c1-18-15-9-2-12(3-10-15)4-11-16(19)13-5-7-14(17)8-6-13/h2-11,18H,1H3/b11-4+. The quantitative estimate of drug-likeness (QED) is 0.501. The number of allylic oxidation sites excluding steroid dienone is 1. The summed E-state index contributed by atoms with van der Waals surface area (Å²) in [6.45, 7) is 0. The minimum atomic E-state index is 0.0223. The molecule has 0 aliphatic carbocycles. The number of ketones is 1. The van der Waals surface area contributed by atoms with Crippen molar-refractivity contribution in [1.82, 2.24) is 0 Å². The van der Waals surface area contributed by atoms with Crippen molar-refractivity contribution in [3.8, 4) is 0 Å². The van der Waals surface area contributed by atoms with Crippen LogP contribution in [-0.4, -0.2) is 12.8 Å². The van der Waals surface area contributed by atoms with Gasteiger partial charge >= 0.3 is 0 Å².